The van der Waals surface area contributed by atoms with Crippen LogP contribution in [-0.2, 0) is 22.4 Å². The molecule has 21 heavy (non-hydrogen) atoms. The number of hydrogen-bond acceptors (Lipinski definition) is 7. The minimum Gasteiger partial charge on any atom is -0.469 e. The van der Waals surface area contributed by atoms with Gasteiger partial charge in [-0.1, -0.05) is 6.92 Å². The Kier molecular flexibility index (Phi) is 3.74. The monoisotopic (exact) mass is 293 g/mol. The van der Waals surface area contributed by atoms with E-state index < -0.39 is 17.1 Å². The van der Waals surface area contributed by atoms with E-state index in [1.54, 1.807) is 6.92 Å². The molecule has 0 bridgehead atoms. The number of nitrogens with zero attached hydrogens (tertiary/aromatic N) is 4. The molecule has 0 radical (unpaired) electrons. The van der Waals surface area contributed by atoms with Gasteiger partial charge in [-0.05, 0) is 13.3 Å². The second kappa shape index (κ2) is 5.35. The topological polar surface area (TPSA) is 122 Å². The molecule has 2 aromatic rings. The first-order valence-corrected chi connectivity index (χ1v) is 6.27. The number of fused-ring (bicyclic) bond motifs is 1. The van der Waals surface area contributed by atoms with Gasteiger partial charge in [0.05, 0.1) is 19.2 Å². The number of aryl methyl sites for hydroxylation is 1. The summed E-state index contributed by atoms with van der Waals surface area (Å²) in [7, 11) is 1.19. The molecule has 2 heterocycles. The van der Waals surface area contributed by atoms with Crippen LogP contribution in [0.4, 0.5) is 0 Å². The van der Waals surface area contributed by atoms with Gasteiger partial charge in [0, 0.05) is 5.56 Å². The number of nitrogens with two attached hydrogens (primary N) is 1. The van der Waals surface area contributed by atoms with Crippen molar-refractivity contribution in [3.05, 3.63) is 37.7 Å². The summed E-state index contributed by atoms with van der Waals surface area (Å²) in [5, 5.41) is 3.90. The van der Waals surface area contributed by atoms with E-state index in [4.69, 9.17) is 5.84 Å². The second-order valence-electron chi connectivity index (χ2n) is 4.42. The van der Waals surface area contributed by atoms with Crippen LogP contribution in [0, 0.1) is 6.92 Å². The van der Waals surface area contributed by atoms with E-state index in [0.717, 1.165) is 4.52 Å². The summed E-state index contributed by atoms with van der Waals surface area (Å²) >= 11 is 0. The van der Waals surface area contributed by atoms with Crippen LogP contribution in [0.1, 0.15) is 23.9 Å². The van der Waals surface area contributed by atoms with Gasteiger partial charge < -0.3 is 10.6 Å². The molecule has 0 unspecified atom stereocenters. The van der Waals surface area contributed by atoms with Gasteiger partial charge in [-0.15, -0.1) is 0 Å². The Hall–Kier alpha value is -2.71. The van der Waals surface area contributed by atoms with Crippen LogP contribution in [0.2, 0.25) is 0 Å². The third kappa shape index (κ3) is 2.37. The lowest BCUT2D eigenvalue weighted by Gasteiger charge is -2.09. The molecule has 0 saturated heterocycles. The number of carbonyl (C=O) groups excluding carboxylic acids is 1. The van der Waals surface area contributed by atoms with Gasteiger partial charge in [0.1, 0.15) is 5.69 Å². The maximum atomic E-state index is 12.3. The third-order valence-corrected chi connectivity index (χ3v) is 3.14. The summed E-state index contributed by atoms with van der Waals surface area (Å²) in [6.45, 7) is 3.47. The van der Waals surface area contributed by atoms with Crippen molar-refractivity contribution < 1.29 is 9.53 Å². The number of aromatic nitrogens is 4. The first-order chi connectivity index (χ1) is 9.90. The minimum atomic E-state index is -0.698. The van der Waals surface area contributed by atoms with Gasteiger partial charge in [0.15, 0.2) is 0 Å². The lowest BCUT2D eigenvalue weighted by molar-refractivity contribution is -0.139. The summed E-state index contributed by atoms with van der Waals surface area (Å²) in [5.41, 5.74) is -0.320. The zero-order chi connectivity index (χ0) is 15.7. The van der Waals surface area contributed by atoms with E-state index in [2.05, 4.69) is 14.8 Å². The molecule has 0 atom stereocenters. The molecule has 0 aromatic carbocycles. The number of rotatable bonds is 3. The maximum Gasteiger partial charge on any atom is 0.311 e. The summed E-state index contributed by atoms with van der Waals surface area (Å²) in [6, 6.07) is 0. The highest BCUT2D eigenvalue weighted by Gasteiger charge is 2.17. The molecule has 2 N–H and O–H groups in total. The molecule has 9 nitrogen and oxygen atoms in total. The Morgan fingerprint density at radius 3 is 2.57 bits per heavy atom. The fourth-order valence-corrected chi connectivity index (χ4v) is 2.00. The number of nitrogen functional groups attached to an aromatic ring is 1. The van der Waals surface area contributed by atoms with Gasteiger partial charge in [0.25, 0.3) is 16.9 Å². The van der Waals surface area contributed by atoms with Crippen LogP contribution in [0.25, 0.3) is 5.78 Å². The Labute approximate surface area is 118 Å². The van der Waals surface area contributed by atoms with Crippen molar-refractivity contribution in [3.63, 3.8) is 0 Å². The molecule has 0 amide bonds. The van der Waals surface area contributed by atoms with E-state index in [0.29, 0.717) is 22.4 Å². The highest BCUT2D eigenvalue weighted by Crippen LogP contribution is 2.02. The Bertz CT molecular complexity index is 836. The van der Waals surface area contributed by atoms with Crippen LogP contribution in [0.15, 0.2) is 9.59 Å². The van der Waals surface area contributed by atoms with Crippen LogP contribution >= 0.6 is 0 Å². The van der Waals surface area contributed by atoms with Gasteiger partial charge >= 0.3 is 5.97 Å². The molecule has 2 aromatic heterocycles. The summed E-state index contributed by atoms with van der Waals surface area (Å²) in [4.78, 5) is 39.8. The molecule has 9 heteroatoms. The predicted molar refractivity (Wildman–Crippen MR) is 73.5 cm³/mol. The Balaban J connectivity index is 2.83. The molecule has 0 spiro atoms. The first kappa shape index (κ1) is 14.7. The molecular weight excluding hydrogens is 278 g/mol. The standard InChI is InChI=1S/C12H15N5O4/c1-4-7-6(2)14-12-16(13)11(20)8(5-9(18)21-3)15-17(12)10(7)19/h4-5,13H2,1-3H3. The Morgan fingerprint density at radius 2 is 2.00 bits per heavy atom. The number of carbonyl (C=O) groups is 1. The minimum absolute atomic E-state index is 0.0756. The van der Waals surface area contributed by atoms with Crippen molar-refractivity contribution in [2.45, 2.75) is 26.7 Å². The van der Waals surface area contributed by atoms with Crippen molar-refractivity contribution in [1.82, 2.24) is 19.3 Å². The van der Waals surface area contributed by atoms with Crippen molar-refractivity contribution in [3.8, 4) is 0 Å². The molecular formula is C12H15N5O4. The van der Waals surface area contributed by atoms with Gasteiger partial charge in [-0.2, -0.15) is 14.3 Å². The molecule has 2 rings (SSSR count). The largest absolute Gasteiger partial charge is 0.469 e. The van der Waals surface area contributed by atoms with Gasteiger partial charge in [-0.25, -0.2) is 4.98 Å². The smallest absolute Gasteiger partial charge is 0.311 e. The lowest BCUT2D eigenvalue weighted by Crippen LogP contribution is -2.39. The van der Waals surface area contributed by atoms with Crippen LogP contribution in [0.5, 0.6) is 0 Å². The number of ether oxygens (including phenoxy) is 1. The predicted octanol–water partition coefficient (Wildman–Crippen LogP) is -1.45. The summed E-state index contributed by atoms with van der Waals surface area (Å²) in [6.07, 6.45) is 0.0998. The van der Waals surface area contributed by atoms with E-state index in [1.807, 2.05) is 6.92 Å². The summed E-state index contributed by atoms with van der Waals surface area (Å²) < 4.78 is 6.13. The molecule has 112 valence electrons. The molecule has 0 saturated carbocycles. The second-order valence-corrected chi connectivity index (χ2v) is 4.42. The third-order valence-electron chi connectivity index (χ3n) is 3.14. The molecule has 0 aliphatic carbocycles. The fraction of sp³-hybridized carbons (Fsp3) is 0.417. The zero-order valence-electron chi connectivity index (χ0n) is 11.9. The van der Waals surface area contributed by atoms with E-state index >= 15 is 0 Å². The SMILES string of the molecule is CCc1c(C)nc2n(N)c(=O)c(CC(=O)OC)nn2c1=O. The van der Waals surface area contributed by atoms with Crippen LogP contribution < -0.4 is 17.0 Å². The van der Waals surface area contributed by atoms with E-state index in [-0.39, 0.29) is 17.9 Å². The normalized spacial score (nSPS) is 10.8. The van der Waals surface area contributed by atoms with Crippen LogP contribution in [-0.4, -0.2) is 32.4 Å². The zero-order valence-corrected chi connectivity index (χ0v) is 11.9. The quantitative estimate of drug-likeness (QED) is 0.542. The van der Waals surface area contributed by atoms with Gasteiger partial charge in [0.2, 0.25) is 0 Å². The van der Waals surface area contributed by atoms with Crippen LogP contribution in [0.3, 0.4) is 0 Å². The molecule has 0 fully saturated rings. The highest BCUT2D eigenvalue weighted by molar-refractivity contribution is 5.71. The summed E-state index contributed by atoms with van der Waals surface area (Å²) in [5.74, 6) is 4.93. The van der Waals surface area contributed by atoms with Crippen molar-refractivity contribution in [2.24, 2.45) is 0 Å². The average molecular weight is 293 g/mol. The number of hydrogen-bond donors (Lipinski definition) is 1. The maximum absolute atomic E-state index is 12.3. The lowest BCUT2D eigenvalue weighted by atomic mass is 10.2. The molecule has 0 aliphatic rings. The van der Waals surface area contributed by atoms with Gasteiger partial charge in [-0.3, -0.25) is 14.4 Å². The number of methoxy groups -OCH3 is 1. The molecule has 0 aliphatic heterocycles. The van der Waals surface area contributed by atoms with Crippen molar-refractivity contribution in [1.29, 1.82) is 0 Å². The Morgan fingerprint density at radius 1 is 1.33 bits per heavy atom. The van der Waals surface area contributed by atoms with E-state index in [9.17, 15) is 14.4 Å². The van der Waals surface area contributed by atoms with E-state index in [1.165, 1.54) is 7.11 Å². The number of esters is 1. The fourth-order valence-electron chi connectivity index (χ4n) is 2.00. The highest BCUT2D eigenvalue weighted by atomic mass is 16.5. The first-order valence-electron chi connectivity index (χ1n) is 6.27. The average Bonchev–Trinajstić information content (AvgIpc) is 2.46. The van der Waals surface area contributed by atoms with Crippen molar-refractivity contribution >= 4 is 11.7 Å². The van der Waals surface area contributed by atoms with Crippen molar-refractivity contribution in [2.75, 3.05) is 13.0 Å².